The normalized spacial score (nSPS) is 13.8. The van der Waals surface area contributed by atoms with Gasteiger partial charge >= 0.3 is 5.97 Å². The van der Waals surface area contributed by atoms with Gasteiger partial charge in [-0.2, -0.15) is 0 Å². The van der Waals surface area contributed by atoms with Gasteiger partial charge in [-0.1, -0.05) is 51.1 Å². The molecular formula is C19H30O4. The smallest absolute Gasteiger partial charge is 0.303 e. The van der Waals surface area contributed by atoms with Crippen LogP contribution in [0.25, 0.3) is 0 Å². The standard InChI is InChI=1S/C19H30O4/c1-18(2,3)14-13-16(11-12-17(20)21)22-23-19(4,5)15-9-7-6-8-10-15/h6-10,16H,11-14H2,1-5H3,(H,20,21). The zero-order valence-electron chi connectivity index (χ0n) is 15.0. The highest BCUT2D eigenvalue weighted by Crippen LogP contribution is 2.28. The molecular weight excluding hydrogens is 292 g/mol. The molecule has 0 radical (unpaired) electrons. The molecule has 0 aliphatic rings. The summed E-state index contributed by atoms with van der Waals surface area (Å²) in [5.74, 6) is -0.809. The Labute approximate surface area is 139 Å². The molecule has 1 rings (SSSR count). The van der Waals surface area contributed by atoms with Crippen molar-refractivity contribution >= 4 is 5.97 Å². The number of carboxylic acids is 1. The lowest BCUT2D eigenvalue weighted by molar-refractivity contribution is -0.383. The van der Waals surface area contributed by atoms with E-state index in [9.17, 15) is 4.79 Å². The molecule has 4 heteroatoms. The molecule has 1 N–H and O–H groups in total. The Kier molecular flexibility index (Phi) is 7.23. The lowest BCUT2D eigenvalue weighted by Gasteiger charge is -2.28. The summed E-state index contributed by atoms with van der Waals surface area (Å²) in [4.78, 5) is 22.2. The van der Waals surface area contributed by atoms with E-state index in [2.05, 4.69) is 20.8 Å². The first-order chi connectivity index (χ1) is 10.6. The summed E-state index contributed by atoms with van der Waals surface area (Å²) in [6.07, 6.45) is 2.06. The third-order valence-electron chi connectivity index (χ3n) is 3.76. The minimum atomic E-state index is -0.809. The molecule has 0 amide bonds. The fourth-order valence-electron chi connectivity index (χ4n) is 2.19. The Balaban J connectivity index is 2.62. The number of hydrogen-bond donors (Lipinski definition) is 1. The molecule has 1 aromatic carbocycles. The Morgan fingerprint density at radius 3 is 2.22 bits per heavy atom. The summed E-state index contributed by atoms with van der Waals surface area (Å²) in [6.45, 7) is 10.4. The molecule has 0 aliphatic heterocycles. The Hall–Kier alpha value is -1.39. The number of rotatable bonds is 9. The van der Waals surface area contributed by atoms with E-state index < -0.39 is 11.6 Å². The van der Waals surface area contributed by atoms with Crippen molar-refractivity contribution in [1.29, 1.82) is 0 Å². The van der Waals surface area contributed by atoms with Gasteiger partial charge in [-0.3, -0.25) is 4.79 Å². The van der Waals surface area contributed by atoms with Crippen molar-refractivity contribution < 1.29 is 19.7 Å². The summed E-state index contributed by atoms with van der Waals surface area (Å²) in [5, 5.41) is 8.90. The van der Waals surface area contributed by atoms with Crippen LogP contribution < -0.4 is 0 Å². The average molecular weight is 322 g/mol. The average Bonchev–Trinajstić information content (AvgIpc) is 2.46. The van der Waals surface area contributed by atoms with Gasteiger partial charge in [0.1, 0.15) is 5.60 Å². The Bertz CT molecular complexity index is 474. The van der Waals surface area contributed by atoms with Gasteiger partial charge in [0.15, 0.2) is 0 Å². The predicted molar refractivity (Wildman–Crippen MR) is 91.0 cm³/mol. The van der Waals surface area contributed by atoms with Crippen LogP contribution >= 0.6 is 0 Å². The van der Waals surface area contributed by atoms with Crippen LogP contribution in [0.1, 0.15) is 65.9 Å². The van der Waals surface area contributed by atoms with E-state index in [0.717, 1.165) is 18.4 Å². The SMILES string of the molecule is CC(C)(C)CCC(CCC(=O)O)OOC(C)(C)c1ccccc1. The summed E-state index contributed by atoms with van der Waals surface area (Å²) in [7, 11) is 0. The summed E-state index contributed by atoms with van der Waals surface area (Å²) < 4.78 is 0. The third kappa shape index (κ3) is 8.14. The van der Waals surface area contributed by atoms with Gasteiger partial charge in [0, 0.05) is 6.42 Å². The lowest BCUT2D eigenvalue weighted by atomic mass is 9.88. The minimum absolute atomic E-state index is 0.0872. The van der Waals surface area contributed by atoms with Gasteiger partial charge in [-0.15, -0.1) is 0 Å². The molecule has 4 nitrogen and oxygen atoms in total. The van der Waals surface area contributed by atoms with Gasteiger partial charge in [0.05, 0.1) is 6.10 Å². The molecule has 0 spiro atoms. The van der Waals surface area contributed by atoms with Crippen LogP contribution in [0.3, 0.4) is 0 Å². The van der Waals surface area contributed by atoms with Crippen molar-refractivity contribution in [3.8, 4) is 0 Å². The second kappa shape index (κ2) is 8.46. The van der Waals surface area contributed by atoms with E-state index >= 15 is 0 Å². The van der Waals surface area contributed by atoms with Crippen molar-refractivity contribution in [1.82, 2.24) is 0 Å². The fourth-order valence-corrected chi connectivity index (χ4v) is 2.19. The van der Waals surface area contributed by atoms with Crippen LogP contribution in [-0.2, 0) is 20.2 Å². The van der Waals surface area contributed by atoms with Crippen LogP contribution in [0.4, 0.5) is 0 Å². The third-order valence-corrected chi connectivity index (χ3v) is 3.76. The summed E-state index contributed by atoms with van der Waals surface area (Å²) in [5.41, 5.74) is 0.623. The van der Waals surface area contributed by atoms with E-state index in [1.165, 1.54) is 0 Å². The molecule has 130 valence electrons. The highest BCUT2D eigenvalue weighted by atomic mass is 17.2. The van der Waals surface area contributed by atoms with Crippen LogP contribution in [0.5, 0.6) is 0 Å². The van der Waals surface area contributed by atoms with Gasteiger partial charge < -0.3 is 5.11 Å². The molecule has 1 aromatic rings. The van der Waals surface area contributed by atoms with Crippen molar-refractivity contribution in [2.24, 2.45) is 5.41 Å². The molecule has 0 saturated carbocycles. The summed E-state index contributed by atoms with van der Waals surface area (Å²) >= 11 is 0. The zero-order valence-corrected chi connectivity index (χ0v) is 15.0. The van der Waals surface area contributed by atoms with Gasteiger partial charge in [-0.25, -0.2) is 9.78 Å². The molecule has 1 atom stereocenters. The first-order valence-corrected chi connectivity index (χ1v) is 8.22. The molecule has 0 fully saturated rings. The Morgan fingerprint density at radius 1 is 1.09 bits per heavy atom. The first kappa shape index (κ1) is 19.7. The maximum absolute atomic E-state index is 10.8. The van der Waals surface area contributed by atoms with E-state index in [-0.39, 0.29) is 17.9 Å². The van der Waals surface area contributed by atoms with Crippen LogP contribution in [-0.4, -0.2) is 17.2 Å². The van der Waals surface area contributed by atoms with Crippen molar-refractivity contribution in [3.05, 3.63) is 35.9 Å². The maximum Gasteiger partial charge on any atom is 0.303 e. The van der Waals surface area contributed by atoms with Gasteiger partial charge in [0.2, 0.25) is 0 Å². The lowest BCUT2D eigenvalue weighted by Crippen LogP contribution is -2.27. The van der Waals surface area contributed by atoms with Crippen LogP contribution in [0, 0.1) is 5.41 Å². The molecule has 0 bridgehead atoms. The van der Waals surface area contributed by atoms with E-state index in [1.807, 2.05) is 44.2 Å². The van der Waals surface area contributed by atoms with E-state index in [1.54, 1.807) is 0 Å². The first-order valence-electron chi connectivity index (χ1n) is 8.22. The van der Waals surface area contributed by atoms with Gasteiger partial charge in [0.25, 0.3) is 0 Å². The highest BCUT2D eigenvalue weighted by molar-refractivity contribution is 5.66. The zero-order chi connectivity index (χ0) is 17.5. The molecule has 0 saturated heterocycles. The van der Waals surface area contributed by atoms with Crippen molar-refractivity contribution in [3.63, 3.8) is 0 Å². The van der Waals surface area contributed by atoms with E-state index in [4.69, 9.17) is 14.9 Å². The fraction of sp³-hybridized carbons (Fsp3) is 0.632. The molecule has 0 aromatic heterocycles. The second-order valence-corrected chi connectivity index (χ2v) is 7.71. The minimum Gasteiger partial charge on any atom is -0.481 e. The molecule has 0 heterocycles. The van der Waals surface area contributed by atoms with Crippen molar-refractivity contribution in [2.45, 2.75) is 72.0 Å². The molecule has 23 heavy (non-hydrogen) atoms. The number of benzene rings is 1. The summed E-state index contributed by atoms with van der Waals surface area (Å²) in [6, 6.07) is 9.86. The predicted octanol–water partition coefficient (Wildman–Crippen LogP) is 4.93. The second-order valence-electron chi connectivity index (χ2n) is 7.71. The molecule has 0 aliphatic carbocycles. The topological polar surface area (TPSA) is 55.8 Å². The maximum atomic E-state index is 10.8. The number of hydrogen-bond acceptors (Lipinski definition) is 3. The quantitative estimate of drug-likeness (QED) is 0.517. The number of carbonyl (C=O) groups is 1. The largest absolute Gasteiger partial charge is 0.481 e. The van der Waals surface area contributed by atoms with Crippen molar-refractivity contribution in [2.75, 3.05) is 0 Å². The monoisotopic (exact) mass is 322 g/mol. The van der Waals surface area contributed by atoms with Crippen LogP contribution in [0.15, 0.2) is 30.3 Å². The number of carboxylic acid groups (broad SMARTS) is 1. The molecule has 1 unspecified atom stereocenters. The highest BCUT2D eigenvalue weighted by Gasteiger charge is 2.25. The number of aliphatic carboxylic acids is 1. The van der Waals surface area contributed by atoms with Crippen LogP contribution in [0.2, 0.25) is 0 Å². The van der Waals surface area contributed by atoms with Gasteiger partial charge in [-0.05, 0) is 44.1 Å². The Morgan fingerprint density at radius 2 is 1.70 bits per heavy atom. The van der Waals surface area contributed by atoms with E-state index in [0.29, 0.717) is 6.42 Å².